The van der Waals surface area contributed by atoms with Crippen molar-refractivity contribution in [2.24, 2.45) is 0 Å². The molecule has 0 radical (unpaired) electrons. The van der Waals surface area contributed by atoms with Crippen molar-refractivity contribution < 1.29 is 0 Å². The van der Waals surface area contributed by atoms with Crippen LogP contribution < -0.4 is 10.6 Å². The van der Waals surface area contributed by atoms with Crippen molar-refractivity contribution in [2.75, 3.05) is 39.8 Å². The van der Waals surface area contributed by atoms with Crippen LogP contribution in [0.4, 0.5) is 0 Å². The maximum Gasteiger partial charge on any atom is 0.0319 e. The van der Waals surface area contributed by atoms with Gasteiger partial charge >= 0.3 is 0 Å². The van der Waals surface area contributed by atoms with E-state index in [2.05, 4.69) is 22.6 Å². The molecule has 0 amide bonds. The molecule has 0 aliphatic carbocycles. The molecule has 2 rings (SSSR count). The molecule has 1 unspecified atom stereocenters. The summed E-state index contributed by atoms with van der Waals surface area (Å²) in [7, 11) is 2.23. The van der Waals surface area contributed by atoms with Crippen molar-refractivity contribution in [3.05, 3.63) is 0 Å². The molecule has 0 aromatic carbocycles. The maximum atomic E-state index is 3.71. The number of hydrogen-bond donors (Lipinski definition) is 2. The number of nitrogens with one attached hydrogen (secondary N) is 2. The predicted octanol–water partition coefficient (Wildman–Crippen LogP) is 0.0337. The molecule has 2 aliphatic rings. The van der Waals surface area contributed by atoms with Crippen LogP contribution in [0.2, 0.25) is 0 Å². The van der Waals surface area contributed by atoms with Gasteiger partial charge in [-0.3, -0.25) is 0 Å². The van der Waals surface area contributed by atoms with Gasteiger partial charge in [0.15, 0.2) is 0 Å². The van der Waals surface area contributed by atoms with E-state index in [4.69, 9.17) is 0 Å². The lowest BCUT2D eigenvalue weighted by atomic mass is 9.89. The molecular weight excluding hydrogens is 162 g/mol. The number of likely N-dealkylation sites (tertiary alicyclic amines) is 1. The fraction of sp³-hybridized carbons (Fsp3) is 1.00. The summed E-state index contributed by atoms with van der Waals surface area (Å²) in [5, 5.41) is 7.21. The van der Waals surface area contributed by atoms with Crippen LogP contribution in [0, 0.1) is 0 Å². The molecule has 76 valence electrons. The minimum absolute atomic E-state index is 0.420. The normalized spacial score (nSPS) is 37.6. The Bertz CT molecular complexity index is 164. The van der Waals surface area contributed by atoms with Crippen LogP contribution in [0.25, 0.3) is 0 Å². The van der Waals surface area contributed by atoms with E-state index in [1.54, 1.807) is 0 Å². The second-order valence-corrected chi connectivity index (χ2v) is 4.54. The van der Waals surface area contributed by atoms with Crippen LogP contribution in [-0.2, 0) is 0 Å². The topological polar surface area (TPSA) is 27.3 Å². The Balaban J connectivity index is 1.95. The summed E-state index contributed by atoms with van der Waals surface area (Å²) in [5.41, 5.74) is 0.420. The average molecular weight is 183 g/mol. The second-order valence-electron chi connectivity index (χ2n) is 4.54. The molecule has 0 aromatic rings. The maximum absolute atomic E-state index is 3.71. The molecule has 1 atom stereocenters. The third-order valence-corrected chi connectivity index (χ3v) is 3.43. The third-order valence-electron chi connectivity index (χ3n) is 3.43. The van der Waals surface area contributed by atoms with Gasteiger partial charge in [0.2, 0.25) is 0 Å². The van der Waals surface area contributed by atoms with Crippen molar-refractivity contribution >= 4 is 0 Å². The van der Waals surface area contributed by atoms with Gasteiger partial charge in [-0.05, 0) is 39.4 Å². The lowest BCUT2D eigenvalue weighted by Crippen LogP contribution is -2.59. The standard InChI is InChI=1S/C10H21N3/c1-13-7-2-3-10(4-8-13)9-11-5-6-12-10/h11-12H,2-9H2,1H3. The highest BCUT2D eigenvalue weighted by atomic mass is 15.1. The van der Waals surface area contributed by atoms with Gasteiger partial charge in [-0.2, -0.15) is 0 Å². The van der Waals surface area contributed by atoms with Gasteiger partial charge in [-0.25, -0.2) is 0 Å². The average Bonchev–Trinajstić information content (AvgIpc) is 2.32. The van der Waals surface area contributed by atoms with Crippen molar-refractivity contribution in [1.29, 1.82) is 0 Å². The number of nitrogens with zero attached hydrogens (tertiary/aromatic N) is 1. The largest absolute Gasteiger partial charge is 0.314 e. The van der Waals surface area contributed by atoms with Crippen molar-refractivity contribution in [3.63, 3.8) is 0 Å². The lowest BCUT2D eigenvalue weighted by molar-refractivity contribution is 0.238. The molecular formula is C10H21N3. The van der Waals surface area contributed by atoms with E-state index in [0.29, 0.717) is 5.54 Å². The zero-order valence-electron chi connectivity index (χ0n) is 8.60. The smallest absolute Gasteiger partial charge is 0.0319 e. The van der Waals surface area contributed by atoms with Gasteiger partial charge < -0.3 is 15.5 Å². The molecule has 0 saturated carbocycles. The predicted molar refractivity (Wildman–Crippen MR) is 55.0 cm³/mol. The molecule has 1 spiro atoms. The van der Waals surface area contributed by atoms with Gasteiger partial charge in [0.25, 0.3) is 0 Å². The number of hydrogen-bond acceptors (Lipinski definition) is 3. The molecule has 2 saturated heterocycles. The summed E-state index contributed by atoms with van der Waals surface area (Å²) in [6.45, 7) is 5.96. The Kier molecular flexibility index (Phi) is 2.86. The number of rotatable bonds is 0. The SMILES string of the molecule is CN1CCCC2(CC1)CNCCN2. The highest BCUT2D eigenvalue weighted by Gasteiger charge is 2.32. The summed E-state index contributed by atoms with van der Waals surface area (Å²) >= 11 is 0. The first-order valence-corrected chi connectivity index (χ1v) is 5.45. The van der Waals surface area contributed by atoms with Crippen molar-refractivity contribution in [1.82, 2.24) is 15.5 Å². The van der Waals surface area contributed by atoms with E-state index in [1.807, 2.05) is 0 Å². The molecule has 3 nitrogen and oxygen atoms in total. The Morgan fingerprint density at radius 1 is 1.15 bits per heavy atom. The zero-order chi connectivity index (χ0) is 9.15. The molecule has 2 fully saturated rings. The van der Waals surface area contributed by atoms with Crippen LogP contribution in [0.1, 0.15) is 19.3 Å². The Morgan fingerprint density at radius 3 is 2.85 bits per heavy atom. The van der Waals surface area contributed by atoms with E-state index in [1.165, 1.54) is 38.9 Å². The molecule has 13 heavy (non-hydrogen) atoms. The molecule has 0 bridgehead atoms. The Morgan fingerprint density at radius 2 is 2.08 bits per heavy atom. The molecule has 3 heteroatoms. The molecule has 2 N–H and O–H groups in total. The lowest BCUT2D eigenvalue weighted by Gasteiger charge is -2.38. The van der Waals surface area contributed by atoms with Crippen LogP contribution >= 0.6 is 0 Å². The highest BCUT2D eigenvalue weighted by Crippen LogP contribution is 2.22. The van der Waals surface area contributed by atoms with E-state index >= 15 is 0 Å². The summed E-state index contributed by atoms with van der Waals surface area (Å²) in [6, 6.07) is 0. The first-order valence-electron chi connectivity index (χ1n) is 5.45. The molecule has 2 aliphatic heterocycles. The Labute approximate surface area is 80.9 Å². The second kappa shape index (κ2) is 3.95. The van der Waals surface area contributed by atoms with Crippen LogP contribution in [0.3, 0.4) is 0 Å². The Hall–Kier alpha value is -0.120. The quantitative estimate of drug-likeness (QED) is 0.555. The van der Waals surface area contributed by atoms with Gasteiger partial charge in [0.05, 0.1) is 0 Å². The summed E-state index contributed by atoms with van der Waals surface area (Å²) in [6.07, 6.45) is 3.98. The fourth-order valence-corrected chi connectivity index (χ4v) is 2.49. The van der Waals surface area contributed by atoms with Crippen LogP contribution in [-0.4, -0.2) is 50.2 Å². The van der Waals surface area contributed by atoms with Gasteiger partial charge in [-0.15, -0.1) is 0 Å². The van der Waals surface area contributed by atoms with E-state index in [9.17, 15) is 0 Å². The first-order chi connectivity index (χ1) is 6.31. The minimum atomic E-state index is 0.420. The van der Waals surface area contributed by atoms with Crippen LogP contribution in [0.5, 0.6) is 0 Å². The van der Waals surface area contributed by atoms with Crippen molar-refractivity contribution in [3.8, 4) is 0 Å². The highest BCUT2D eigenvalue weighted by molar-refractivity contribution is 4.95. The van der Waals surface area contributed by atoms with Gasteiger partial charge in [0.1, 0.15) is 0 Å². The van der Waals surface area contributed by atoms with E-state index in [0.717, 1.165) is 13.1 Å². The van der Waals surface area contributed by atoms with Crippen molar-refractivity contribution in [2.45, 2.75) is 24.8 Å². The monoisotopic (exact) mass is 183 g/mol. The summed E-state index contributed by atoms with van der Waals surface area (Å²) in [5.74, 6) is 0. The van der Waals surface area contributed by atoms with Gasteiger partial charge in [-0.1, -0.05) is 0 Å². The molecule has 0 aromatic heterocycles. The van der Waals surface area contributed by atoms with Gasteiger partial charge in [0, 0.05) is 25.2 Å². The van der Waals surface area contributed by atoms with E-state index in [-0.39, 0.29) is 0 Å². The first kappa shape index (κ1) is 9.44. The summed E-state index contributed by atoms with van der Waals surface area (Å²) < 4.78 is 0. The minimum Gasteiger partial charge on any atom is -0.314 e. The fourth-order valence-electron chi connectivity index (χ4n) is 2.49. The number of piperazine rings is 1. The zero-order valence-corrected chi connectivity index (χ0v) is 8.60. The molecule has 2 heterocycles. The van der Waals surface area contributed by atoms with Crippen LogP contribution in [0.15, 0.2) is 0 Å². The van der Waals surface area contributed by atoms with E-state index < -0.39 is 0 Å². The summed E-state index contributed by atoms with van der Waals surface area (Å²) in [4.78, 5) is 2.45. The third kappa shape index (κ3) is 2.22.